The first-order chi connectivity index (χ1) is 8.84. The van der Waals surface area contributed by atoms with E-state index in [2.05, 4.69) is 0 Å². The fourth-order valence-electron chi connectivity index (χ4n) is 1.84. The third kappa shape index (κ3) is 2.93. The minimum Gasteiger partial charge on any atom is -0.493 e. The molecule has 19 heavy (non-hydrogen) atoms. The zero-order chi connectivity index (χ0) is 14.7. The van der Waals surface area contributed by atoms with Crippen molar-refractivity contribution < 1.29 is 19.4 Å². The second-order valence-corrected chi connectivity index (χ2v) is 4.78. The minimum absolute atomic E-state index is 0.104. The number of ether oxygens (including phenoxy) is 2. The SMILES string of the molecule is COc1cc(C(C)C)c(Cl)c(C(N)C(=O)O)c1OC. The van der Waals surface area contributed by atoms with Crippen molar-refractivity contribution in [3.63, 3.8) is 0 Å². The maximum Gasteiger partial charge on any atom is 0.325 e. The van der Waals surface area contributed by atoms with Gasteiger partial charge < -0.3 is 20.3 Å². The number of rotatable bonds is 5. The van der Waals surface area contributed by atoms with E-state index in [0.717, 1.165) is 5.56 Å². The van der Waals surface area contributed by atoms with Gasteiger partial charge in [-0.3, -0.25) is 4.79 Å². The molecule has 0 spiro atoms. The van der Waals surface area contributed by atoms with E-state index in [1.54, 1.807) is 6.07 Å². The van der Waals surface area contributed by atoms with Gasteiger partial charge in [-0.15, -0.1) is 0 Å². The lowest BCUT2D eigenvalue weighted by atomic mass is 9.96. The zero-order valence-electron chi connectivity index (χ0n) is 11.4. The lowest BCUT2D eigenvalue weighted by Gasteiger charge is -2.21. The molecule has 0 saturated carbocycles. The van der Waals surface area contributed by atoms with Crippen LogP contribution in [0.3, 0.4) is 0 Å². The topological polar surface area (TPSA) is 81.8 Å². The van der Waals surface area contributed by atoms with Crippen molar-refractivity contribution in [3.05, 3.63) is 22.2 Å². The molecule has 0 amide bonds. The summed E-state index contributed by atoms with van der Waals surface area (Å²) < 4.78 is 10.4. The highest BCUT2D eigenvalue weighted by atomic mass is 35.5. The maximum atomic E-state index is 11.1. The molecule has 1 unspecified atom stereocenters. The summed E-state index contributed by atoms with van der Waals surface area (Å²) >= 11 is 6.28. The smallest absolute Gasteiger partial charge is 0.325 e. The molecule has 5 nitrogen and oxygen atoms in total. The summed E-state index contributed by atoms with van der Waals surface area (Å²) in [7, 11) is 2.90. The number of methoxy groups -OCH3 is 2. The number of hydrogen-bond acceptors (Lipinski definition) is 4. The van der Waals surface area contributed by atoms with Gasteiger partial charge in [-0.25, -0.2) is 0 Å². The van der Waals surface area contributed by atoms with E-state index in [1.165, 1.54) is 14.2 Å². The van der Waals surface area contributed by atoms with Crippen molar-refractivity contribution in [1.29, 1.82) is 0 Å². The van der Waals surface area contributed by atoms with Crippen molar-refractivity contribution >= 4 is 17.6 Å². The molecule has 0 heterocycles. The maximum absolute atomic E-state index is 11.1. The third-order valence-electron chi connectivity index (χ3n) is 2.87. The largest absolute Gasteiger partial charge is 0.493 e. The highest BCUT2D eigenvalue weighted by Gasteiger charge is 2.27. The van der Waals surface area contributed by atoms with Gasteiger partial charge in [-0.2, -0.15) is 0 Å². The van der Waals surface area contributed by atoms with E-state index >= 15 is 0 Å². The van der Waals surface area contributed by atoms with Gasteiger partial charge in [0.2, 0.25) is 0 Å². The predicted octanol–water partition coefficient (Wildman–Crippen LogP) is 2.57. The van der Waals surface area contributed by atoms with E-state index in [0.29, 0.717) is 10.8 Å². The molecular weight excluding hydrogens is 270 g/mol. The molecular formula is C13H18ClNO4. The van der Waals surface area contributed by atoms with Crippen LogP contribution < -0.4 is 15.2 Å². The average molecular weight is 288 g/mol. The fraction of sp³-hybridized carbons (Fsp3) is 0.462. The highest BCUT2D eigenvalue weighted by Crippen LogP contribution is 2.43. The number of carboxylic acids is 1. The Morgan fingerprint density at radius 2 is 1.95 bits per heavy atom. The molecule has 0 aliphatic rings. The predicted molar refractivity (Wildman–Crippen MR) is 73.2 cm³/mol. The van der Waals surface area contributed by atoms with Crippen LogP contribution in [0, 0.1) is 0 Å². The van der Waals surface area contributed by atoms with Crippen molar-refractivity contribution in [3.8, 4) is 11.5 Å². The summed E-state index contributed by atoms with van der Waals surface area (Å²) in [6.45, 7) is 3.90. The Bertz CT molecular complexity index is 488. The molecule has 0 aliphatic carbocycles. The number of nitrogens with two attached hydrogens (primary N) is 1. The first-order valence-corrected chi connectivity index (χ1v) is 6.15. The molecule has 0 radical (unpaired) electrons. The van der Waals surface area contributed by atoms with Gasteiger partial charge >= 0.3 is 5.97 Å². The monoisotopic (exact) mass is 287 g/mol. The Morgan fingerprint density at radius 1 is 1.37 bits per heavy atom. The molecule has 0 aliphatic heterocycles. The van der Waals surface area contributed by atoms with E-state index in [4.69, 9.17) is 31.9 Å². The first kappa shape index (κ1) is 15.6. The number of carbonyl (C=O) groups is 1. The third-order valence-corrected chi connectivity index (χ3v) is 3.29. The van der Waals surface area contributed by atoms with Crippen LogP contribution in [-0.4, -0.2) is 25.3 Å². The Hall–Kier alpha value is -1.46. The molecule has 1 rings (SSSR count). The van der Waals surface area contributed by atoms with E-state index in [-0.39, 0.29) is 17.2 Å². The van der Waals surface area contributed by atoms with Crippen LogP contribution in [0.25, 0.3) is 0 Å². The summed E-state index contributed by atoms with van der Waals surface area (Å²) in [6.07, 6.45) is 0. The summed E-state index contributed by atoms with van der Waals surface area (Å²) in [5.41, 5.74) is 6.69. The van der Waals surface area contributed by atoms with Crippen LogP contribution >= 0.6 is 11.6 Å². The van der Waals surface area contributed by atoms with Crippen molar-refractivity contribution in [2.45, 2.75) is 25.8 Å². The Labute approximate surface area is 117 Å². The quantitative estimate of drug-likeness (QED) is 0.870. The average Bonchev–Trinajstić information content (AvgIpc) is 2.36. The number of aliphatic carboxylic acids is 1. The van der Waals surface area contributed by atoms with Crippen LogP contribution in [0.2, 0.25) is 5.02 Å². The minimum atomic E-state index is -1.27. The second-order valence-electron chi connectivity index (χ2n) is 4.40. The van der Waals surface area contributed by atoms with E-state index in [9.17, 15) is 4.79 Å². The van der Waals surface area contributed by atoms with Gasteiger partial charge in [-0.1, -0.05) is 25.4 Å². The summed E-state index contributed by atoms with van der Waals surface area (Å²) in [6, 6.07) is 0.472. The van der Waals surface area contributed by atoms with E-state index in [1.807, 2.05) is 13.8 Å². The molecule has 0 fully saturated rings. The first-order valence-electron chi connectivity index (χ1n) is 5.77. The van der Waals surface area contributed by atoms with Crippen molar-refractivity contribution in [2.24, 2.45) is 5.73 Å². The molecule has 1 atom stereocenters. The van der Waals surface area contributed by atoms with Gasteiger partial charge in [0.1, 0.15) is 6.04 Å². The molecule has 0 aromatic heterocycles. The lowest BCUT2D eigenvalue weighted by molar-refractivity contribution is -0.138. The van der Waals surface area contributed by atoms with Gasteiger partial charge in [-0.05, 0) is 17.5 Å². The number of halogens is 1. The number of hydrogen-bond donors (Lipinski definition) is 2. The zero-order valence-corrected chi connectivity index (χ0v) is 12.1. The lowest BCUT2D eigenvalue weighted by Crippen LogP contribution is -2.22. The van der Waals surface area contributed by atoms with E-state index < -0.39 is 12.0 Å². The molecule has 1 aromatic rings. The molecule has 0 bridgehead atoms. The van der Waals surface area contributed by atoms with Gasteiger partial charge in [0.05, 0.1) is 19.2 Å². The Kier molecular flexibility index (Phi) is 5.03. The van der Waals surface area contributed by atoms with Crippen LogP contribution in [0.5, 0.6) is 11.5 Å². The number of carboxylic acid groups (broad SMARTS) is 1. The van der Waals surface area contributed by atoms with Crippen LogP contribution in [0.15, 0.2) is 6.07 Å². The summed E-state index contributed by atoms with van der Waals surface area (Å²) in [5, 5.41) is 9.40. The standard InChI is InChI=1S/C13H18ClNO4/c1-6(2)7-5-8(18-3)12(19-4)9(10(7)14)11(15)13(16)17/h5-6,11H,15H2,1-4H3,(H,16,17). The van der Waals surface area contributed by atoms with Crippen LogP contribution in [0.4, 0.5) is 0 Å². The Balaban J connectivity index is 3.64. The van der Waals surface area contributed by atoms with Gasteiger partial charge in [0.15, 0.2) is 11.5 Å². The molecule has 6 heteroatoms. The molecule has 106 valence electrons. The molecule has 3 N–H and O–H groups in total. The molecule has 0 saturated heterocycles. The second kappa shape index (κ2) is 6.12. The van der Waals surface area contributed by atoms with Crippen LogP contribution in [-0.2, 0) is 4.79 Å². The number of benzene rings is 1. The summed E-state index contributed by atoms with van der Waals surface area (Å²) in [5.74, 6) is -0.399. The normalized spacial score (nSPS) is 12.4. The fourth-order valence-corrected chi connectivity index (χ4v) is 2.32. The Morgan fingerprint density at radius 3 is 2.32 bits per heavy atom. The summed E-state index contributed by atoms with van der Waals surface area (Å²) in [4.78, 5) is 11.1. The highest BCUT2D eigenvalue weighted by molar-refractivity contribution is 6.32. The van der Waals surface area contributed by atoms with Gasteiger partial charge in [0.25, 0.3) is 0 Å². The van der Waals surface area contributed by atoms with Crippen molar-refractivity contribution in [1.82, 2.24) is 0 Å². The van der Waals surface area contributed by atoms with Crippen LogP contribution in [0.1, 0.15) is 36.9 Å². The van der Waals surface area contributed by atoms with Gasteiger partial charge in [0, 0.05) is 5.56 Å². The van der Waals surface area contributed by atoms with Crippen molar-refractivity contribution in [2.75, 3.05) is 14.2 Å². The molecule has 1 aromatic carbocycles.